The molecule has 1 N–H and O–H groups in total. The minimum Gasteiger partial charge on any atom is -0.441 e. The van der Waals surface area contributed by atoms with Crippen molar-refractivity contribution in [1.29, 1.82) is 0 Å². The molecule has 0 aliphatic carbocycles. The maximum atomic E-state index is 13.5. The average molecular weight is 381 g/mol. The summed E-state index contributed by atoms with van der Waals surface area (Å²) >= 11 is 0. The van der Waals surface area contributed by atoms with E-state index in [0.29, 0.717) is 24.6 Å². The molecule has 0 aliphatic heterocycles. The van der Waals surface area contributed by atoms with E-state index in [1.54, 1.807) is 12.3 Å². The van der Waals surface area contributed by atoms with Crippen molar-refractivity contribution >= 4 is 5.91 Å². The lowest BCUT2D eigenvalue weighted by Gasteiger charge is -2.25. The Hall–Kier alpha value is -2.99. The molecule has 0 fully saturated rings. The lowest BCUT2D eigenvalue weighted by Crippen LogP contribution is -2.34. The third-order valence-electron chi connectivity index (χ3n) is 4.53. The van der Waals surface area contributed by atoms with Crippen LogP contribution in [0.4, 0.5) is 4.39 Å². The van der Waals surface area contributed by atoms with Crippen molar-refractivity contribution in [1.82, 2.24) is 15.2 Å². The van der Waals surface area contributed by atoms with Gasteiger partial charge in [-0.3, -0.25) is 4.79 Å². The zero-order valence-corrected chi connectivity index (χ0v) is 16.1. The molecular formula is C22H24FN3O2. The molecule has 5 nitrogen and oxygen atoms in total. The summed E-state index contributed by atoms with van der Waals surface area (Å²) < 4.78 is 19.2. The number of hydrogen-bond acceptors (Lipinski definition) is 4. The molecule has 0 aliphatic rings. The number of nitrogens with zero attached hydrogens (tertiary/aromatic N) is 2. The van der Waals surface area contributed by atoms with Crippen LogP contribution in [-0.4, -0.2) is 36.4 Å². The maximum absolute atomic E-state index is 13.5. The highest BCUT2D eigenvalue weighted by molar-refractivity contribution is 5.76. The molecule has 1 atom stereocenters. The number of rotatable bonds is 8. The van der Waals surface area contributed by atoms with Crippen LogP contribution in [0.2, 0.25) is 0 Å². The minimum absolute atomic E-state index is 0.0947. The lowest BCUT2D eigenvalue weighted by molar-refractivity contribution is -0.121. The Balaban J connectivity index is 1.52. The lowest BCUT2D eigenvalue weighted by atomic mass is 10.1. The molecule has 3 rings (SSSR count). The van der Waals surface area contributed by atoms with Crippen molar-refractivity contribution in [3.63, 3.8) is 0 Å². The Morgan fingerprint density at radius 3 is 2.68 bits per heavy atom. The van der Waals surface area contributed by atoms with Gasteiger partial charge in [0, 0.05) is 24.9 Å². The van der Waals surface area contributed by atoms with Gasteiger partial charge in [-0.05, 0) is 31.8 Å². The molecule has 0 saturated carbocycles. The van der Waals surface area contributed by atoms with E-state index in [1.807, 2.05) is 55.4 Å². The maximum Gasteiger partial charge on any atom is 0.220 e. The van der Waals surface area contributed by atoms with Gasteiger partial charge in [-0.15, -0.1) is 0 Å². The normalized spacial score (nSPS) is 12.1. The summed E-state index contributed by atoms with van der Waals surface area (Å²) in [6, 6.07) is 16.0. The van der Waals surface area contributed by atoms with Crippen molar-refractivity contribution in [2.45, 2.75) is 18.9 Å². The fraction of sp³-hybridized carbons (Fsp3) is 0.273. The standard InChI is InChI=1S/C22H24FN3O2/c1-26(2)19(17-9-6-10-18(23)13-17)14-24-21(27)11-12-22-25-15-20(28-22)16-7-4-3-5-8-16/h3-10,13,15,19H,11-12,14H2,1-2H3,(H,24,27)/t19-/m0/s1. The zero-order valence-electron chi connectivity index (χ0n) is 16.1. The van der Waals surface area contributed by atoms with Crippen LogP contribution < -0.4 is 5.32 Å². The third kappa shape index (κ3) is 5.27. The molecule has 2 aromatic carbocycles. The van der Waals surface area contributed by atoms with Crippen molar-refractivity contribution in [2.75, 3.05) is 20.6 Å². The number of hydrogen-bond donors (Lipinski definition) is 1. The number of amides is 1. The number of benzene rings is 2. The van der Waals surface area contributed by atoms with Crippen LogP contribution in [-0.2, 0) is 11.2 Å². The smallest absolute Gasteiger partial charge is 0.220 e. The molecule has 6 heteroatoms. The van der Waals surface area contributed by atoms with Gasteiger partial charge in [0.1, 0.15) is 5.82 Å². The van der Waals surface area contributed by atoms with E-state index in [2.05, 4.69) is 10.3 Å². The number of oxazole rings is 1. The van der Waals surface area contributed by atoms with Gasteiger partial charge < -0.3 is 14.6 Å². The monoisotopic (exact) mass is 381 g/mol. The number of aryl methyl sites for hydroxylation is 1. The first-order chi connectivity index (χ1) is 13.5. The molecule has 0 radical (unpaired) electrons. The van der Waals surface area contributed by atoms with E-state index in [0.717, 1.165) is 11.1 Å². The Morgan fingerprint density at radius 1 is 1.18 bits per heavy atom. The average Bonchev–Trinajstić information content (AvgIpc) is 3.16. The molecule has 28 heavy (non-hydrogen) atoms. The second kappa shape index (κ2) is 9.28. The van der Waals surface area contributed by atoms with E-state index in [4.69, 9.17) is 4.42 Å². The quantitative estimate of drug-likeness (QED) is 0.644. The molecule has 0 unspecified atom stereocenters. The summed E-state index contributed by atoms with van der Waals surface area (Å²) in [7, 11) is 3.80. The molecular weight excluding hydrogens is 357 g/mol. The van der Waals surface area contributed by atoms with Crippen molar-refractivity contribution in [2.24, 2.45) is 0 Å². The third-order valence-corrected chi connectivity index (χ3v) is 4.53. The summed E-state index contributed by atoms with van der Waals surface area (Å²) in [5, 5.41) is 2.92. The van der Waals surface area contributed by atoms with Gasteiger partial charge >= 0.3 is 0 Å². The second-order valence-corrected chi connectivity index (χ2v) is 6.82. The predicted molar refractivity (Wildman–Crippen MR) is 106 cm³/mol. The van der Waals surface area contributed by atoms with E-state index < -0.39 is 0 Å². The number of likely N-dealkylation sites (N-methyl/N-ethyl adjacent to an activating group) is 1. The molecule has 3 aromatic rings. The minimum atomic E-state index is -0.284. The number of carbonyl (C=O) groups is 1. The van der Waals surface area contributed by atoms with E-state index >= 15 is 0 Å². The number of carbonyl (C=O) groups excluding carboxylic acids is 1. The summed E-state index contributed by atoms with van der Waals surface area (Å²) in [4.78, 5) is 18.4. The highest BCUT2D eigenvalue weighted by Crippen LogP contribution is 2.21. The molecule has 146 valence electrons. The van der Waals surface area contributed by atoms with Gasteiger partial charge in [0.05, 0.1) is 12.2 Å². The van der Waals surface area contributed by atoms with Crippen LogP contribution in [0.25, 0.3) is 11.3 Å². The Bertz CT molecular complexity index is 909. The van der Waals surface area contributed by atoms with Crippen LogP contribution in [0.5, 0.6) is 0 Å². The fourth-order valence-corrected chi connectivity index (χ4v) is 2.99. The topological polar surface area (TPSA) is 58.4 Å². The van der Waals surface area contributed by atoms with Gasteiger partial charge in [-0.2, -0.15) is 0 Å². The van der Waals surface area contributed by atoms with Crippen LogP contribution >= 0.6 is 0 Å². The first-order valence-corrected chi connectivity index (χ1v) is 9.21. The van der Waals surface area contributed by atoms with E-state index in [9.17, 15) is 9.18 Å². The molecule has 1 amide bonds. The molecule has 0 bridgehead atoms. The first-order valence-electron chi connectivity index (χ1n) is 9.21. The SMILES string of the molecule is CN(C)[C@@H](CNC(=O)CCc1ncc(-c2ccccc2)o1)c1cccc(F)c1. The van der Waals surface area contributed by atoms with Gasteiger partial charge in [0.15, 0.2) is 11.7 Å². The first kappa shape index (κ1) is 19.8. The van der Waals surface area contributed by atoms with Gasteiger partial charge in [-0.25, -0.2) is 9.37 Å². The molecule has 1 heterocycles. The Labute approximate surface area is 164 Å². The number of halogens is 1. The van der Waals surface area contributed by atoms with Crippen LogP contribution in [0.1, 0.15) is 23.9 Å². The summed E-state index contributed by atoms with van der Waals surface area (Å²) in [6.45, 7) is 0.399. The number of aromatic nitrogens is 1. The molecule has 0 saturated heterocycles. The summed E-state index contributed by atoms with van der Waals surface area (Å²) in [6.07, 6.45) is 2.37. The van der Waals surface area contributed by atoms with E-state index in [1.165, 1.54) is 12.1 Å². The van der Waals surface area contributed by atoms with Crippen molar-refractivity contribution < 1.29 is 13.6 Å². The Kier molecular flexibility index (Phi) is 6.55. The van der Waals surface area contributed by atoms with Crippen LogP contribution in [0.15, 0.2) is 65.2 Å². The highest BCUT2D eigenvalue weighted by atomic mass is 19.1. The summed E-state index contributed by atoms with van der Waals surface area (Å²) in [5.41, 5.74) is 1.78. The highest BCUT2D eigenvalue weighted by Gasteiger charge is 2.16. The van der Waals surface area contributed by atoms with Gasteiger partial charge in [0.2, 0.25) is 5.91 Å². The zero-order chi connectivity index (χ0) is 19.9. The van der Waals surface area contributed by atoms with Crippen LogP contribution in [0.3, 0.4) is 0 Å². The van der Waals surface area contributed by atoms with Gasteiger partial charge in [0.25, 0.3) is 0 Å². The number of nitrogens with one attached hydrogen (secondary N) is 1. The van der Waals surface area contributed by atoms with Crippen LogP contribution in [0, 0.1) is 5.82 Å². The summed E-state index contributed by atoms with van der Waals surface area (Å²) in [5.74, 6) is 0.842. The molecule has 1 aromatic heterocycles. The largest absolute Gasteiger partial charge is 0.441 e. The van der Waals surface area contributed by atoms with E-state index in [-0.39, 0.29) is 24.2 Å². The van der Waals surface area contributed by atoms with Gasteiger partial charge in [-0.1, -0.05) is 42.5 Å². The predicted octanol–water partition coefficient (Wildman–Crippen LogP) is 3.83. The second-order valence-electron chi connectivity index (χ2n) is 6.82. The fourth-order valence-electron chi connectivity index (χ4n) is 2.99. The molecule has 0 spiro atoms. The van der Waals surface area contributed by atoms with Crippen molar-refractivity contribution in [3.8, 4) is 11.3 Å². The van der Waals surface area contributed by atoms with Crippen molar-refractivity contribution in [3.05, 3.63) is 78.1 Å². The Morgan fingerprint density at radius 2 is 1.96 bits per heavy atom.